The van der Waals surface area contributed by atoms with Crippen molar-refractivity contribution in [2.45, 2.75) is 25.0 Å². The molecule has 4 aromatic rings. The Balaban J connectivity index is 1.65. The van der Waals surface area contributed by atoms with Crippen molar-refractivity contribution in [1.82, 2.24) is 0 Å². The molecule has 1 N–H and O–H groups in total. The third kappa shape index (κ3) is 1.81. The number of hydrogen-bond acceptors (Lipinski definition) is 3. The second kappa shape index (κ2) is 5.14. The maximum Gasteiger partial charge on any atom is 0.226 e. The maximum absolute atomic E-state index is 6.84. The fourth-order valence-corrected chi connectivity index (χ4v) is 4.70. The van der Waals surface area contributed by atoms with Crippen LogP contribution in [0.3, 0.4) is 0 Å². The predicted octanol–water partition coefficient (Wildman–Crippen LogP) is 6.19. The lowest BCUT2D eigenvalue weighted by Gasteiger charge is -2.41. The summed E-state index contributed by atoms with van der Waals surface area (Å²) in [4.78, 5) is 4.97. The van der Waals surface area contributed by atoms with Crippen LogP contribution in [-0.2, 0) is 5.41 Å². The summed E-state index contributed by atoms with van der Waals surface area (Å²) in [5.41, 5.74) is 2.28. The summed E-state index contributed by atoms with van der Waals surface area (Å²) in [5.74, 6) is 0.852. The molecule has 4 aromatic carbocycles. The lowest BCUT2D eigenvalue weighted by Crippen LogP contribution is -2.56. The van der Waals surface area contributed by atoms with Crippen molar-refractivity contribution in [3.63, 3.8) is 0 Å². The number of ether oxygens (including phenoxy) is 1. The highest BCUT2D eigenvalue weighted by Gasteiger charge is 2.55. The fourth-order valence-electron chi connectivity index (χ4n) is 4.70. The zero-order valence-electron chi connectivity index (χ0n) is 15.9. The van der Waals surface area contributed by atoms with Gasteiger partial charge < -0.3 is 10.1 Å². The number of fused-ring (bicyclic) bond motifs is 7. The number of rotatable bonds is 0. The summed E-state index contributed by atoms with van der Waals surface area (Å²) in [6.45, 7) is 4.43. The highest BCUT2D eigenvalue weighted by molar-refractivity contribution is 6.17. The molecular formula is C25H20N2O. The first-order valence-electron chi connectivity index (χ1n) is 9.66. The van der Waals surface area contributed by atoms with Crippen molar-refractivity contribution in [3.8, 4) is 5.75 Å². The Hall–Kier alpha value is -3.33. The molecule has 0 aliphatic carbocycles. The fraction of sp³-hybridized carbons (Fsp3) is 0.160. The number of nitrogens with one attached hydrogen (secondary N) is 1. The van der Waals surface area contributed by atoms with Crippen molar-refractivity contribution in [2.24, 2.45) is 4.99 Å². The summed E-state index contributed by atoms with van der Waals surface area (Å²) in [6.07, 6.45) is 1.95. The van der Waals surface area contributed by atoms with E-state index in [0.717, 1.165) is 27.9 Å². The number of hydrogen-bond donors (Lipinski definition) is 1. The number of aliphatic imine (C=N–C) groups is 1. The summed E-state index contributed by atoms with van der Waals surface area (Å²) >= 11 is 0. The predicted molar refractivity (Wildman–Crippen MR) is 116 cm³/mol. The first-order valence-corrected chi connectivity index (χ1v) is 9.66. The molecule has 2 heterocycles. The van der Waals surface area contributed by atoms with Gasteiger partial charge in [0, 0.05) is 16.5 Å². The van der Waals surface area contributed by atoms with E-state index < -0.39 is 5.72 Å². The topological polar surface area (TPSA) is 33.6 Å². The van der Waals surface area contributed by atoms with Gasteiger partial charge >= 0.3 is 0 Å². The molecule has 2 aliphatic rings. The van der Waals surface area contributed by atoms with E-state index in [1.165, 1.54) is 16.3 Å². The number of para-hydroxylation sites is 1. The minimum absolute atomic E-state index is 0.266. The first kappa shape index (κ1) is 15.7. The van der Waals surface area contributed by atoms with Crippen LogP contribution in [-0.4, -0.2) is 11.9 Å². The van der Waals surface area contributed by atoms with Gasteiger partial charge in [-0.15, -0.1) is 0 Å². The molecule has 136 valence electrons. The SMILES string of the molecule is CC1(C)c2ccccc2NC12C=Nc1c(c3ccccc3c3ccccc13)O2. The Morgan fingerprint density at radius 1 is 0.750 bits per heavy atom. The smallest absolute Gasteiger partial charge is 0.226 e. The van der Waals surface area contributed by atoms with Gasteiger partial charge in [-0.1, -0.05) is 66.7 Å². The van der Waals surface area contributed by atoms with Crippen LogP contribution >= 0.6 is 0 Å². The van der Waals surface area contributed by atoms with Crippen molar-refractivity contribution < 1.29 is 4.74 Å². The van der Waals surface area contributed by atoms with E-state index in [-0.39, 0.29) is 5.41 Å². The third-order valence-corrected chi connectivity index (χ3v) is 6.35. The number of benzene rings is 4. The largest absolute Gasteiger partial charge is 0.459 e. The zero-order chi connectivity index (χ0) is 18.9. The summed E-state index contributed by atoms with van der Waals surface area (Å²) < 4.78 is 6.84. The number of anilines is 1. The zero-order valence-corrected chi connectivity index (χ0v) is 15.9. The van der Waals surface area contributed by atoms with Gasteiger partial charge in [0.15, 0.2) is 5.75 Å². The van der Waals surface area contributed by atoms with Gasteiger partial charge in [-0.2, -0.15) is 0 Å². The van der Waals surface area contributed by atoms with Crippen LogP contribution in [0.1, 0.15) is 19.4 Å². The van der Waals surface area contributed by atoms with Crippen molar-refractivity contribution in [3.05, 3.63) is 78.4 Å². The van der Waals surface area contributed by atoms with Crippen LogP contribution in [0.2, 0.25) is 0 Å². The number of nitrogens with zero attached hydrogens (tertiary/aromatic N) is 1. The highest BCUT2D eigenvalue weighted by Crippen LogP contribution is 2.53. The molecule has 0 amide bonds. The molecule has 3 nitrogen and oxygen atoms in total. The molecule has 1 spiro atoms. The van der Waals surface area contributed by atoms with E-state index >= 15 is 0 Å². The van der Waals surface area contributed by atoms with E-state index in [9.17, 15) is 0 Å². The Labute approximate surface area is 163 Å². The van der Waals surface area contributed by atoms with Crippen LogP contribution in [0.15, 0.2) is 77.8 Å². The van der Waals surface area contributed by atoms with Crippen LogP contribution in [0, 0.1) is 0 Å². The first-order chi connectivity index (χ1) is 13.6. The lowest BCUT2D eigenvalue weighted by atomic mass is 9.77. The van der Waals surface area contributed by atoms with Crippen LogP contribution in [0.5, 0.6) is 5.75 Å². The molecule has 0 aromatic heterocycles. The molecule has 1 atom stereocenters. The standard InChI is InChI=1S/C25H20N2O/c1-24(2)20-13-7-8-14-21(20)27-25(24)15-26-22-18-11-5-3-9-16(18)17-10-4-6-12-19(17)23(22)28-25/h3-15,27H,1-2H3. The van der Waals surface area contributed by atoms with E-state index in [1.807, 2.05) is 6.21 Å². The minimum atomic E-state index is -0.713. The van der Waals surface area contributed by atoms with Crippen LogP contribution in [0.4, 0.5) is 11.4 Å². The summed E-state index contributed by atoms with van der Waals surface area (Å²) in [5, 5.41) is 8.24. The van der Waals surface area contributed by atoms with Gasteiger partial charge in [-0.05, 0) is 36.2 Å². The third-order valence-electron chi connectivity index (χ3n) is 6.35. The van der Waals surface area contributed by atoms with Crippen LogP contribution in [0.25, 0.3) is 21.5 Å². The van der Waals surface area contributed by atoms with Crippen LogP contribution < -0.4 is 10.1 Å². The molecule has 0 fully saturated rings. The van der Waals surface area contributed by atoms with Gasteiger partial charge in [-0.25, -0.2) is 0 Å². The molecule has 1 unspecified atom stereocenters. The summed E-state index contributed by atoms with van der Waals surface area (Å²) in [6, 6.07) is 25.3. The average Bonchev–Trinajstić information content (AvgIpc) is 2.95. The maximum atomic E-state index is 6.84. The van der Waals surface area contributed by atoms with Gasteiger partial charge in [-0.3, -0.25) is 4.99 Å². The quantitative estimate of drug-likeness (QED) is 0.378. The molecule has 0 saturated heterocycles. The van der Waals surface area contributed by atoms with Crippen molar-refractivity contribution in [2.75, 3.05) is 5.32 Å². The van der Waals surface area contributed by atoms with Gasteiger partial charge in [0.25, 0.3) is 0 Å². The highest BCUT2D eigenvalue weighted by atomic mass is 16.5. The van der Waals surface area contributed by atoms with E-state index in [4.69, 9.17) is 9.73 Å². The second-order valence-corrected chi connectivity index (χ2v) is 8.16. The van der Waals surface area contributed by atoms with Gasteiger partial charge in [0.1, 0.15) is 5.69 Å². The van der Waals surface area contributed by atoms with Gasteiger partial charge in [0.05, 0.1) is 11.6 Å². The molecule has 0 bridgehead atoms. The molecule has 28 heavy (non-hydrogen) atoms. The van der Waals surface area contributed by atoms with E-state index in [0.29, 0.717) is 0 Å². The monoisotopic (exact) mass is 364 g/mol. The molecular weight excluding hydrogens is 344 g/mol. The van der Waals surface area contributed by atoms with Gasteiger partial charge in [0.2, 0.25) is 5.72 Å². The molecule has 3 heteroatoms. The normalized spacial score (nSPS) is 21.4. The Morgan fingerprint density at radius 3 is 2.11 bits per heavy atom. The Kier molecular flexibility index (Phi) is 2.88. The summed E-state index contributed by atoms with van der Waals surface area (Å²) in [7, 11) is 0. The molecule has 0 radical (unpaired) electrons. The molecule has 2 aliphatic heterocycles. The molecule has 0 saturated carbocycles. The average molecular weight is 364 g/mol. The Morgan fingerprint density at radius 2 is 1.36 bits per heavy atom. The van der Waals surface area contributed by atoms with E-state index in [2.05, 4.69) is 92.0 Å². The van der Waals surface area contributed by atoms with Crippen molar-refractivity contribution >= 4 is 39.1 Å². The minimum Gasteiger partial charge on any atom is -0.459 e. The molecule has 6 rings (SSSR count). The van der Waals surface area contributed by atoms with E-state index in [1.54, 1.807) is 0 Å². The van der Waals surface area contributed by atoms with Crippen molar-refractivity contribution in [1.29, 1.82) is 0 Å². The lowest BCUT2D eigenvalue weighted by molar-refractivity contribution is 0.109. The second-order valence-electron chi connectivity index (χ2n) is 8.16. The Bertz CT molecular complexity index is 1300.